The fourth-order valence-electron chi connectivity index (χ4n) is 0.594. The third kappa shape index (κ3) is 5.80. The van der Waals surface area contributed by atoms with E-state index in [9.17, 15) is 0 Å². The Balaban J connectivity index is 3.06. The average Bonchev–Trinajstić information content (AvgIpc) is 1.83. The van der Waals surface area contributed by atoms with E-state index in [1.165, 1.54) is 0 Å². The number of methoxy groups -OCH3 is 1. The molecule has 0 aliphatic heterocycles. The molecule has 0 unspecified atom stereocenters. The van der Waals surface area contributed by atoms with Gasteiger partial charge in [-0.1, -0.05) is 0 Å². The molecule has 0 aliphatic carbocycles. The number of aliphatic hydroxyl groups is 1. The first kappa shape index (κ1) is 8.92. The summed E-state index contributed by atoms with van der Waals surface area (Å²) in [4.78, 5) is 0. The van der Waals surface area contributed by atoms with Crippen LogP contribution in [0.3, 0.4) is 0 Å². The highest BCUT2D eigenvalue weighted by molar-refractivity contribution is 4.53. The fourth-order valence-corrected chi connectivity index (χ4v) is 0.594. The van der Waals surface area contributed by atoms with Crippen LogP contribution in [0, 0.1) is 0 Å². The SMILES string of the molecule is CO[C@@H](C)CC[C@H](C)O. The van der Waals surface area contributed by atoms with Crippen molar-refractivity contribution >= 4 is 0 Å². The summed E-state index contributed by atoms with van der Waals surface area (Å²) in [6, 6.07) is 0. The molecule has 2 heteroatoms. The Hall–Kier alpha value is -0.0800. The lowest BCUT2D eigenvalue weighted by atomic mass is 10.1. The Kier molecular flexibility index (Phi) is 4.72. The Bertz CT molecular complexity index is 61.9. The van der Waals surface area contributed by atoms with E-state index < -0.39 is 0 Å². The summed E-state index contributed by atoms with van der Waals surface area (Å²) in [5, 5.41) is 8.84. The molecule has 0 aliphatic rings. The van der Waals surface area contributed by atoms with Crippen LogP contribution < -0.4 is 0 Å². The molecule has 0 rings (SSSR count). The van der Waals surface area contributed by atoms with Crippen molar-refractivity contribution in [3.63, 3.8) is 0 Å². The molecule has 2 atom stereocenters. The van der Waals surface area contributed by atoms with Gasteiger partial charge in [0.05, 0.1) is 12.2 Å². The van der Waals surface area contributed by atoms with Crippen molar-refractivity contribution in [1.82, 2.24) is 0 Å². The van der Waals surface area contributed by atoms with Gasteiger partial charge in [-0.2, -0.15) is 0 Å². The van der Waals surface area contributed by atoms with Gasteiger partial charge in [0.25, 0.3) is 0 Å². The molecule has 0 aromatic rings. The van der Waals surface area contributed by atoms with Gasteiger partial charge >= 0.3 is 0 Å². The maximum Gasteiger partial charge on any atom is 0.0544 e. The Morgan fingerprint density at radius 2 is 1.89 bits per heavy atom. The molecule has 0 bridgehead atoms. The molecule has 0 heterocycles. The van der Waals surface area contributed by atoms with Crippen LogP contribution in [-0.2, 0) is 4.74 Å². The number of rotatable bonds is 4. The van der Waals surface area contributed by atoms with Crippen LogP contribution in [-0.4, -0.2) is 24.4 Å². The predicted molar refractivity (Wildman–Crippen MR) is 37.4 cm³/mol. The number of aliphatic hydroxyl groups excluding tert-OH is 1. The van der Waals surface area contributed by atoms with Gasteiger partial charge in [-0.15, -0.1) is 0 Å². The second-order valence-corrected chi connectivity index (χ2v) is 2.47. The van der Waals surface area contributed by atoms with Crippen molar-refractivity contribution in [3.8, 4) is 0 Å². The maximum absolute atomic E-state index is 8.84. The lowest BCUT2D eigenvalue weighted by Gasteiger charge is -2.09. The molecule has 0 fully saturated rings. The van der Waals surface area contributed by atoms with Crippen molar-refractivity contribution < 1.29 is 9.84 Å². The minimum absolute atomic E-state index is 0.192. The quantitative estimate of drug-likeness (QED) is 0.622. The number of hydrogen-bond acceptors (Lipinski definition) is 2. The van der Waals surface area contributed by atoms with Gasteiger partial charge in [-0.25, -0.2) is 0 Å². The molecule has 56 valence electrons. The summed E-state index contributed by atoms with van der Waals surface area (Å²) in [7, 11) is 1.69. The Labute approximate surface area is 56.8 Å². The first-order valence-electron chi connectivity index (χ1n) is 3.37. The second-order valence-electron chi connectivity index (χ2n) is 2.47. The van der Waals surface area contributed by atoms with Crippen molar-refractivity contribution in [2.75, 3.05) is 7.11 Å². The molecule has 0 spiro atoms. The van der Waals surface area contributed by atoms with Crippen molar-refractivity contribution in [1.29, 1.82) is 0 Å². The van der Waals surface area contributed by atoms with Gasteiger partial charge in [-0.3, -0.25) is 0 Å². The van der Waals surface area contributed by atoms with E-state index in [-0.39, 0.29) is 12.2 Å². The number of ether oxygens (including phenoxy) is 1. The largest absolute Gasteiger partial charge is 0.393 e. The first-order valence-corrected chi connectivity index (χ1v) is 3.37. The number of hydrogen-bond donors (Lipinski definition) is 1. The van der Waals surface area contributed by atoms with Crippen molar-refractivity contribution in [3.05, 3.63) is 0 Å². The molecule has 1 N–H and O–H groups in total. The van der Waals surface area contributed by atoms with E-state index in [1.54, 1.807) is 14.0 Å². The highest BCUT2D eigenvalue weighted by Gasteiger charge is 2.00. The zero-order valence-corrected chi connectivity index (χ0v) is 6.42. The summed E-state index contributed by atoms with van der Waals surface area (Å²) in [6.45, 7) is 3.80. The zero-order chi connectivity index (χ0) is 7.28. The molecule has 0 radical (unpaired) electrons. The third-order valence-electron chi connectivity index (χ3n) is 1.39. The third-order valence-corrected chi connectivity index (χ3v) is 1.39. The van der Waals surface area contributed by atoms with E-state index in [0.717, 1.165) is 12.8 Å². The summed E-state index contributed by atoms with van der Waals surface area (Å²) in [6.07, 6.45) is 1.85. The minimum atomic E-state index is -0.192. The molecular weight excluding hydrogens is 116 g/mol. The molecule has 0 saturated heterocycles. The van der Waals surface area contributed by atoms with E-state index in [2.05, 4.69) is 0 Å². The van der Waals surface area contributed by atoms with Gasteiger partial charge in [0, 0.05) is 7.11 Å². The summed E-state index contributed by atoms with van der Waals surface area (Å²) >= 11 is 0. The fraction of sp³-hybridized carbons (Fsp3) is 1.00. The van der Waals surface area contributed by atoms with E-state index in [1.807, 2.05) is 6.92 Å². The first-order chi connectivity index (χ1) is 4.16. The van der Waals surface area contributed by atoms with Crippen molar-refractivity contribution in [2.45, 2.75) is 38.9 Å². The molecule has 0 amide bonds. The van der Waals surface area contributed by atoms with Crippen LogP contribution in [0.25, 0.3) is 0 Å². The molecule has 2 nitrogen and oxygen atoms in total. The van der Waals surface area contributed by atoms with Crippen LogP contribution in [0.4, 0.5) is 0 Å². The summed E-state index contributed by atoms with van der Waals surface area (Å²) in [5.74, 6) is 0. The van der Waals surface area contributed by atoms with E-state index in [4.69, 9.17) is 9.84 Å². The Morgan fingerprint density at radius 3 is 2.22 bits per heavy atom. The second kappa shape index (κ2) is 4.77. The molecule has 0 aromatic heterocycles. The highest BCUT2D eigenvalue weighted by Crippen LogP contribution is 2.02. The van der Waals surface area contributed by atoms with Crippen LogP contribution in [0.2, 0.25) is 0 Å². The summed E-state index contributed by atoms with van der Waals surface area (Å²) < 4.78 is 4.99. The van der Waals surface area contributed by atoms with Crippen LogP contribution in [0.5, 0.6) is 0 Å². The van der Waals surface area contributed by atoms with Gasteiger partial charge in [0.2, 0.25) is 0 Å². The highest BCUT2D eigenvalue weighted by atomic mass is 16.5. The minimum Gasteiger partial charge on any atom is -0.393 e. The lowest BCUT2D eigenvalue weighted by Crippen LogP contribution is -2.09. The lowest BCUT2D eigenvalue weighted by molar-refractivity contribution is 0.0896. The average molecular weight is 132 g/mol. The standard InChI is InChI=1S/C7H16O2/c1-6(8)4-5-7(2)9-3/h6-8H,4-5H2,1-3H3/t6-,7-/m0/s1. The molecular formula is C7H16O2. The topological polar surface area (TPSA) is 29.5 Å². The van der Waals surface area contributed by atoms with Crippen molar-refractivity contribution in [2.24, 2.45) is 0 Å². The van der Waals surface area contributed by atoms with Gasteiger partial charge in [-0.05, 0) is 26.7 Å². The van der Waals surface area contributed by atoms with Crippen LogP contribution >= 0.6 is 0 Å². The Morgan fingerprint density at radius 1 is 1.33 bits per heavy atom. The van der Waals surface area contributed by atoms with E-state index in [0.29, 0.717) is 0 Å². The smallest absolute Gasteiger partial charge is 0.0544 e. The van der Waals surface area contributed by atoms with Gasteiger partial charge in [0.1, 0.15) is 0 Å². The van der Waals surface area contributed by atoms with Crippen LogP contribution in [0.15, 0.2) is 0 Å². The molecule has 9 heavy (non-hydrogen) atoms. The predicted octanol–water partition coefficient (Wildman–Crippen LogP) is 1.18. The zero-order valence-electron chi connectivity index (χ0n) is 6.42. The summed E-state index contributed by atoms with van der Waals surface area (Å²) in [5.41, 5.74) is 0. The molecule has 0 saturated carbocycles. The van der Waals surface area contributed by atoms with Gasteiger partial charge in [0.15, 0.2) is 0 Å². The normalized spacial score (nSPS) is 17.3. The van der Waals surface area contributed by atoms with Gasteiger partial charge < -0.3 is 9.84 Å². The maximum atomic E-state index is 8.84. The van der Waals surface area contributed by atoms with Crippen LogP contribution in [0.1, 0.15) is 26.7 Å². The van der Waals surface area contributed by atoms with E-state index >= 15 is 0 Å². The molecule has 0 aromatic carbocycles. The monoisotopic (exact) mass is 132 g/mol.